The second kappa shape index (κ2) is 21.5. The minimum Gasteiger partial charge on any atom is -0.184 e. The summed E-state index contributed by atoms with van der Waals surface area (Å²) in [4.78, 5) is 0. The van der Waals surface area contributed by atoms with E-state index < -0.39 is 20.8 Å². The van der Waals surface area contributed by atoms with Crippen LogP contribution in [0.15, 0.2) is 152 Å². The van der Waals surface area contributed by atoms with Crippen LogP contribution in [0.5, 0.6) is 0 Å². The summed E-state index contributed by atoms with van der Waals surface area (Å²) < 4.78 is 0. The molecule has 0 amide bonds. The molecule has 58 heavy (non-hydrogen) atoms. The first-order valence-corrected chi connectivity index (χ1v) is 27.9. The van der Waals surface area contributed by atoms with Crippen LogP contribution in [0.4, 0.5) is 0 Å². The Morgan fingerprint density at radius 2 is 0.966 bits per heavy atom. The van der Waals surface area contributed by atoms with Gasteiger partial charge in [0, 0.05) is 0 Å². The third-order valence-corrected chi connectivity index (χ3v) is 12.0. The van der Waals surface area contributed by atoms with Gasteiger partial charge in [-0.2, -0.15) is 41.6 Å². The SMILES string of the molecule is CCc1cc2c(-c3ccccc3CC(C)C)cccc2[cH-]1.CCc1cc2c(-c3ccccc3CC(C)C)cccc2[cH-]1.[Cl][Zr][Cl].[c-]1cccc2c1[Si]c1ccccc1-2. The Morgan fingerprint density at radius 1 is 0.534 bits per heavy atom. The number of hydrogen-bond donors (Lipinski definition) is 0. The Morgan fingerprint density at radius 3 is 1.45 bits per heavy atom. The Balaban J connectivity index is 0.000000145. The Kier molecular flexibility index (Phi) is 16.2. The molecular weight excluding hydrogens is 839 g/mol. The van der Waals surface area contributed by atoms with Gasteiger partial charge < -0.3 is 0 Å². The molecule has 1 aliphatic rings. The first kappa shape index (κ1) is 43.8. The van der Waals surface area contributed by atoms with Gasteiger partial charge in [-0.1, -0.05) is 148 Å². The van der Waals surface area contributed by atoms with Gasteiger partial charge in [-0.15, -0.1) is 74.6 Å². The van der Waals surface area contributed by atoms with E-state index >= 15 is 0 Å². The fourth-order valence-electron chi connectivity index (χ4n) is 8.00. The van der Waals surface area contributed by atoms with E-state index in [0.717, 1.165) is 35.2 Å². The van der Waals surface area contributed by atoms with Crippen LogP contribution >= 0.6 is 17.0 Å². The number of halogens is 2. The van der Waals surface area contributed by atoms with E-state index in [2.05, 4.69) is 193 Å². The van der Waals surface area contributed by atoms with Crippen LogP contribution in [0.3, 0.4) is 0 Å². The third kappa shape index (κ3) is 10.9. The van der Waals surface area contributed by atoms with Crippen molar-refractivity contribution in [1.29, 1.82) is 0 Å². The minimum absolute atomic E-state index is 0.677. The molecule has 0 aromatic heterocycles. The normalized spacial score (nSPS) is 11.3. The van der Waals surface area contributed by atoms with Crippen LogP contribution in [0, 0.1) is 17.9 Å². The summed E-state index contributed by atoms with van der Waals surface area (Å²) in [6.45, 7) is 13.6. The Hall–Kier alpha value is -3.78. The number of benzene rings is 6. The predicted molar refractivity (Wildman–Crippen MR) is 253 cm³/mol. The second-order valence-corrected chi connectivity index (χ2v) is 20.8. The number of fused-ring (bicyclic) bond motifs is 5. The maximum absolute atomic E-state index is 4.93. The molecule has 0 atom stereocenters. The van der Waals surface area contributed by atoms with Crippen LogP contribution in [0.1, 0.15) is 63.8 Å². The summed E-state index contributed by atoms with van der Waals surface area (Å²) in [5.74, 6) is 1.35. The van der Waals surface area contributed by atoms with E-state index in [9.17, 15) is 0 Å². The fraction of sp³-hybridized carbons (Fsp3) is 0.222. The van der Waals surface area contributed by atoms with Crippen molar-refractivity contribution in [1.82, 2.24) is 0 Å². The van der Waals surface area contributed by atoms with E-state index in [4.69, 9.17) is 17.0 Å². The second-order valence-electron chi connectivity index (χ2n) is 15.8. The molecule has 8 aromatic carbocycles. The van der Waals surface area contributed by atoms with Gasteiger partial charge in [0.25, 0.3) is 0 Å². The van der Waals surface area contributed by atoms with Crippen LogP contribution in [-0.2, 0) is 46.5 Å². The molecule has 294 valence electrons. The molecule has 0 fully saturated rings. The van der Waals surface area contributed by atoms with Gasteiger partial charge in [0.1, 0.15) is 0 Å². The van der Waals surface area contributed by atoms with Crippen molar-refractivity contribution in [2.45, 2.75) is 67.2 Å². The zero-order chi connectivity index (χ0) is 41.0. The molecule has 0 spiro atoms. The topological polar surface area (TPSA) is 0 Å². The number of hydrogen-bond acceptors (Lipinski definition) is 0. The van der Waals surface area contributed by atoms with E-state index in [1.807, 2.05) is 6.07 Å². The molecule has 0 saturated heterocycles. The van der Waals surface area contributed by atoms with E-state index in [0.29, 0.717) is 11.8 Å². The molecule has 0 aliphatic carbocycles. The number of rotatable bonds is 8. The summed E-state index contributed by atoms with van der Waals surface area (Å²) in [7, 11) is 10.7. The van der Waals surface area contributed by atoms with Gasteiger partial charge in [-0.05, 0) is 59.8 Å². The van der Waals surface area contributed by atoms with Crippen molar-refractivity contribution < 1.29 is 20.8 Å². The van der Waals surface area contributed by atoms with Crippen LogP contribution in [-0.4, -0.2) is 9.52 Å². The molecule has 0 nitrogen and oxygen atoms in total. The Bertz CT molecular complexity index is 2360. The van der Waals surface area contributed by atoms with Crippen LogP contribution in [0.25, 0.3) is 54.9 Å². The van der Waals surface area contributed by atoms with E-state index in [1.54, 1.807) is 0 Å². The third-order valence-electron chi connectivity index (χ3n) is 10.6. The monoisotopic (exact) mass is 889 g/mol. The first-order valence-electron chi connectivity index (χ1n) is 20.6. The van der Waals surface area contributed by atoms with Gasteiger partial charge in [0.15, 0.2) is 0 Å². The van der Waals surface area contributed by atoms with Crippen molar-refractivity contribution in [3.63, 3.8) is 0 Å². The summed E-state index contributed by atoms with van der Waals surface area (Å²) in [5.41, 5.74) is 14.1. The number of aryl methyl sites for hydroxylation is 2. The average molecular weight is 892 g/mol. The van der Waals surface area contributed by atoms with Gasteiger partial charge in [-0.25, -0.2) is 0 Å². The van der Waals surface area contributed by atoms with Gasteiger partial charge in [-0.3, -0.25) is 0 Å². The summed E-state index contributed by atoms with van der Waals surface area (Å²) in [6.07, 6.45) is 4.46. The minimum atomic E-state index is -0.826. The maximum atomic E-state index is 4.93. The standard InChI is InChI=1S/2C21H23.C12H7Si.2ClH.Zr/c2*1-4-16-13-18-9-7-11-20(21(18)14-16)19-10-6-5-8-17(19)12-15(2)3;1-3-7-11-9(5-1)10-6-2-4-8-12(10)13-11;;;/h2*5-11,13-15H,4,12H2,1-3H3;1-7H;2*1H;/q3*-1;;;+2/p-2. The largest absolute Gasteiger partial charge is 0.184 e. The summed E-state index contributed by atoms with van der Waals surface area (Å²) in [5, 5.41) is 8.34. The molecule has 2 radical (unpaired) electrons. The van der Waals surface area contributed by atoms with Crippen molar-refractivity contribution in [3.8, 4) is 33.4 Å². The summed E-state index contributed by atoms with van der Waals surface area (Å²) in [6, 6.07) is 58.6. The molecule has 4 heteroatoms. The molecule has 0 N–H and O–H groups in total. The van der Waals surface area contributed by atoms with E-state index in [-0.39, 0.29) is 0 Å². The van der Waals surface area contributed by atoms with Gasteiger partial charge >= 0.3 is 37.9 Å². The van der Waals surface area contributed by atoms with Crippen molar-refractivity contribution in [2.24, 2.45) is 11.8 Å². The fourth-order valence-corrected chi connectivity index (χ4v) is 9.31. The quantitative estimate of drug-likeness (QED) is 0.105. The molecule has 1 heterocycles. The first-order chi connectivity index (χ1) is 28.2. The van der Waals surface area contributed by atoms with Crippen molar-refractivity contribution in [2.75, 3.05) is 0 Å². The van der Waals surface area contributed by atoms with Crippen molar-refractivity contribution >= 4 is 58.5 Å². The Labute approximate surface area is 368 Å². The molecule has 0 unspecified atom stereocenters. The van der Waals surface area contributed by atoms with Gasteiger partial charge in [0.05, 0.1) is 9.52 Å². The molecule has 0 bridgehead atoms. The predicted octanol–water partition coefficient (Wildman–Crippen LogP) is 14.5. The van der Waals surface area contributed by atoms with Gasteiger partial charge in [0.2, 0.25) is 0 Å². The molecule has 0 saturated carbocycles. The molecule has 9 rings (SSSR count). The maximum Gasteiger partial charge on any atom is 0.0920 e. The smallest absolute Gasteiger partial charge is 0.0920 e. The van der Waals surface area contributed by atoms with Crippen LogP contribution < -0.4 is 10.4 Å². The molecule has 1 aliphatic heterocycles. The van der Waals surface area contributed by atoms with E-state index in [1.165, 1.54) is 87.6 Å². The zero-order valence-electron chi connectivity index (χ0n) is 34.7. The zero-order valence-corrected chi connectivity index (χ0v) is 39.6. The van der Waals surface area contributed by atoms with Crippen LogP contribution in [0.2, 0.25) is 0 Å². The molecule has 8 aromatic rings. The average Bonchev–Trinajstić information content (AvgIpc) is 3.97. The van der Waals surface area contributed by atoms with Crippen molar-refractivity contribution in [3.05, 3.63) is 180 Å². The summed E-state index contributed by atoms with van der Waals surface area (Å²) >= 11 is -0.826. The molecular formula is C54H53Cl2SiZr-3.